The minimum absolute atomic E-state index is 0.0402. The third-order valence-corrected chi connectivity index (χ3v) is 5.19. The van der Waals surface area contributed by atoms with E-state index < -0.39 is 18.2 Å². The van der Waals surface area contributed by atoms with Gasteiger partial charge in [0.2, 0.25) is 0 Å². The van der Waals surface area contributed by atoms with Gasteiger partial charge in [-0.1, -0.05) is 61.2 Å². The molecule has 6 heteroatoms. The molecule has 0 aliphatic rings. The number of aromatic nitrogens is 2. The van der Waals surface area contributed by atoms with E-state index in [9.17, 15) is 18.3 Å². The van der Waals surface area contributed by atoms with Crippen LogP contribution in [0.25, 0.3) is 16.6 Å². The molecular weight excluding hydrogens is 401 g/mol. The summed E-state index contributed by atoms with van der Waals surface area (Å²) in [6.07, 6.45) is 3.23. The minimum Gasteiger partial charge on any atom is -0.385 e. The first kappa shape index (κ1) is 22.6. The third kappa shape index (κ3) is 5.73. The van der Waals surface area contributed by atoms with E-state index in [1.807, 2.05) is 49.4 Å². The Morgan fingerprint density at radius 2 is 1.87 bits per heavy atom. The summed E-state index contributed by atoms with van der Waals surface area (Å²) < 4.78 is 41.7. The van der Waals surface area contributed by atoms with E-state index in [4.69, 9.17) is 0 Å². The van der Waals surface area contributed by atoms with Crippen molar-refractivity contribution in [2.45, 2.75) is 38.0 Å². The van der Waals surface area contributed by atoms with Crippen LogP contribution in [0.2, 0.25) is 0 Å². The Morgan fingerprint density at radius 3 is 2.55 bits per heavy atom. The molecule has 162 valence electrons. The molecular formula is C25H25F3N2O. The predicted octanol–water partition coefficient (Wildman–Crippen LogP) is 6.41. The van der Waals surface area contributed by atoms with Crippen LogP contribution >= 0.6 is 0 Å². The van der Waals surface area contributed by atoms with Gasteiger partial charge in [0.15, 0.2) is 0 Å². The van der Waals surface area contributed by atoms with Crippen molar-refractivity contribution in [1.82, 2.24) is 9.78 Å². The van der Waals surface area contributed by atoms with Crippen LogP contribution in [0.5, 0.6) is 0 Å². The largest absolute Gasteiger partial charge is 0.392 e. The molecule has 0 spiro atoms. The van der Waals surface area contributed by atoms with Gasteiger partial charge in [0.05, 0.1) is 23.7 Å². The summed E-state index contributed by atoms with van der Waals surface area (Å²) in [6.45, 7) is 5.50. The monoisotopic (exact) mass is 426 g/mol. The van der Waals surface area contributed by atoms with Crippen molar-refractivity contribution < 1.29 is 18.3 Å². The predicted molar refractivity (Wildman–Crippen MR) is 118 cm³/mol. The lowest BCUT2D eigenvalue weighted by molar-refractivity contribution is -0.180. The number of fused-ring (bicyclic) bond motifs is 1. The number of aryl methyl sites for hydroxylation is 1. The molecule has 2 aromatic carbocycles. The first-order chi connectivity index (χ1) is 14.7. The fourth-order valence-electron chi connectivity index (χ4n) is 3.61. The SMILES string of the molecule is C=C/C=C\C=C(/C)n1ncc2cc(C(O)(CCc3ccccc3)CC(F)(F)F)ccc21. The Bertz CT molecular complexity index is 1100. The molecule has 0 radical (unpaired) electrons. The smallest absolute Gasteiger partial charge is 0.385 e. The summed E-state index contributed by atoms with van der Waals surface area (Å²) in [5, 5.41) is 16.1. The summed E-state index contributed by atoms with van der Waals surface area (Å²) >= 11 is 0. The number of hydrogen-bond donors (Lipinski definition) is 1. The maximum Gasteiger partial charge on any atom is 0.392 e. The molecule has 0 fully saturated rings. The number of halogens is 3. The quantitative estimate of drug-likeness (QED) is 0.423. The number of benzene rings is 2. The lowest BCUT2D eigenvalue weighted by atomic mass is 9.84. The van der Waals surface area contributed by atoms with Crippen LogP contribution in [-0.2, 0) is 12.0 Å². The molecule has 0 bridgehead atoms. The molecule has 1 atom stereocenters. The highest BCUT2D eigenvalue weighted by atomic mass is 19.4. The lowest BCUT2D eigenvalue weighted by Crippen LogP contribution is -2.33. The summed E-state index contributed by atoms with van der Waals surface area (Å²) in [6, 6.07) is 14.1. The van der Waals surface area contributed by atoms with Gasteiger partial charge in [0.25, 0.3) is 0 Å². The Hall–Kier alpha value is -3.12. The molecule has 0 saturated heterocycles. The van der Waals surface area contributed by atoms with Gasteiger partial charge >= 0.3 is 6.18 Å². The van der Waals surface area contributed by atoms with Crippen molar-refractivity contribution in [3.05, 3.63) is 96.7 Å². The van der Waals surface area contributed by atoms with Crippen molar-refractivity contribution in [2.75, 3.05) is 0 Å². The van der Waals surface area contributed by atoms with Crippen LogP contribution in [0.4, 0.5) is 13.2 Å². The summed E-state index contributed by atoms with van der Waals surface area (Å²) in [5.41, 5.74) is 0.686. The van der Waals surface area contributed by atoms with Crippen molar-refractivity contribution in [3.63, 3.8) is 0 Å². The molecule has 0 aliphatic heterocycles. The van der Waals surface area contributed by atoms with Crippen LogP contribution in [0.3, 0.4) is 0 Å². The zero-order chi connectivity index (χ0) is 22.5. The van der Waals surface area contributed by atoms with E-state index in [1.165, 1.54) is 0 Å². The summed E-state index contributed by atoms with van der Waals surface area (Å²) in [4.78, 5) is 0. The number of alkyl halides is 3. The van der Waals surface area contributed by atoms with Crippen LogP contribution in [-0.4, -0.2) is 21.1 Å². The Labute approximate surface area is 179 Å². The van der Waals surface area contributed by atoms with Crippen LogP contribution in [0.1, 0.15) is 30.9 Å². The van der Waals surface area contributed by atoms with Gasteiger partial charge in [-0.2, -0.15) is 18.3 Å². The average Bonchev–Trinajstić information content (AvgIpc) is 3.15. The number of hydrogen-bond acceptors (Lipinski definition) is 2. The van der Waals surface area contributed by atoms with E-state index >= 15 is 0 Å². The van der Waals surface area contributed by atoms with Gasteiger partial charge in [-0.05, 0) is 49.1 Å². The van der Waals surface area contributed by atoms with Crippen molar-refractivity contribution >= 4 is 16.6 Å². The molecule has 3 nitrogen and oxygen atoms in total. The van der Waals surface area contributed by atoms with Gasteiger partial charge in [-0.25, -0.2) is 4.68 Å². The molecule has 31 heavy (non-hydrogen) atoms. The van der Waals surface area contributed by atoms with Crippen LogP contribution in [0, 0.1) is 0 Å². The Morgan fingerprint density at radius 1 is 1.13 bits per heavy atom. The number of aliphatic hydroxyl groups is 1. The number of nitrogens with zero attached hydrogens (tertiary/aromatic N) is 2. The Kier molecular flexibility index (Phi) is 6.81. The second kappa shape index (κ2) is 9.35. The first-order valence-corrected chi connectivity index (χ1v) is 9.99. The van der Waals surface area contributed by atoms with Crippen molar-refractivity contribution in [3.8, 4) is 0 Å². The molecule has 0 amide bonds. The van der Waals surface area contributed by atoms with Crippen molar-refractivity contribution in [1.29, 1.82) is 0 Å². The molecule has 3 aromatic rings. The fraction of sp³-hybridized carbons (Fsp3) is 0.240. The minimum atomic E-state index is -4.50. The van der Waals surface area contributed by atoms with Gasteiger partial charge in [-0.3, -0.25) is 0 Å². The van der Waals surface area contributed by atoms with E-state index in [1.54, 1.807) is 41.2 Å². The molecule has 1 N–H and O–H groups in total. The van der Waals surface area contributed by atoms with Crippen LogP contribution in [0.15, 0.2) is 85.6 Å². The molecule has 0 saturated carbocycles. The first-order valence-electron chi connectivity index (χ1n) is 9.99. The van der Waals surface area contributed by atoms with E-state index in [-0.39, 0.29) is 12.0 Å². The number of rotatable bonds is 8. The van der Waals surface area contributed by atoms with E-state index in [0.29, 0.717) is 11.8 Å². The zero-order valence-corrected chi connectivity index (χ0v) is 17.3. The van der Waals surface area contributed by atoms with Crippen molar-refractivity contribution in [2.24, 2.45) is 0 Å². The average molecular weight is 426 g/mol. The highest BCUT2D eigenvalue weighted by Gasteiger charge is 2.42. The molecule has 1 heterocycles. The summed E-state index contributed by atoms with van der Waals surface area (Å²) in [7, 11) is 0. The highest BCUT2D eigenvalue weighted by Crippen LogP contribution is 2.39. The molecule has 0 aliphatic carbocycles. The molecule has 3 rings (SSSR count). The third-order valence-electron chi connectivity index (χ3n) is 5.19. The number of allylic oxidation sites excluding steroid dienone is 5. The second-order valence-corrected chi connectivity index (χ2v) is 7.57. The second-order valence-electron chi connectivity index (χ2n) is 7.57. The lowest BCUT2D eigenvalue weighted by Gasteiger charge is -2.30. The van der Waals surface area contributed by atoms with Gasteiger partial charge in [0.1, 0.15) is 0 Å². The van der Waals surface area contributed by atoms with Crippen LogP contribution < -0.4 is 0 Å². The summed E-state index contributed by atoms with van der Waals surface area (Å²) in [5.74, 6) is 0. The topological polar surface area (TPSA) is 38.0 Å². The van der Waals surface area contributed by atoms with Gasteiger partial charge < -0.3 is 5.11 Å². The maximum atomic E-state index is 13.3. The standard InChI is InChI=1S/C25H25F3N2O/c1-3-4-6-9-19(2)30-23-13-12-22(16-21(23)17-29-30)24(31,18-25(26,27)28)15-14-20-10-7-5-8-11-20/h3-13,16-17,31H,1,14-15,18H2,2H3/b6-4-,19-9+. The fourth-order valence-corrected chi connectivity index (χ4v) is 3.61. The van der Waals surface area contributed by atoms with E-state index in [0.717, 1.165) is 16.8 Å². The van der Waals surface area contributed by atoms with Gasteiger partial charge in [-0.15, -0.1) is 0 Å². The Balaban J connectivity index is 1.95. The van der Waals surface area contributed by atoms with Gasteiger partial charge in [0, 0.05) is 11.1 Å². The maximum absolute atomic E-state index is 13.3. The zero-order valence-electron chi connectivity index (χ0n) is 17.3. The molecule has 1 aromatic heterocycles. The molecule has 1 unspecified atom stereocenters. The highest BCUT2D eigenvalue weighted by molar-refractivity contribution is 5.82. The van der Waals surface area contributed by atoms with E-state index in [2.05, 4.69) is 11.7 Å². The normalized spacial score (nSPS) is 14.8.